The summed E-state index contributed by atoms with van der Waals surface area (Å²) in [5, 5.41) is 15.7. The predicted octanol–water partition coefficient (Wildman–Crippen LogP) is 1.40. The molecule has 146 valence electrons. The number of aromatic nitrogens is 4. The van der Waals surface area contributed by atoms with Crippen molar-refractivity contribution < 1.29 is 22.3 Å². The Kier molecular flexibility index (Phi) is 4.43. The molecule has 0 bridgehead atoms. The summed E-state index contributed by atoms with van der Waals surface area (Å²) in [4.78, 5) is 7.69. The third kappa shape index (κ3) is 3.16. The van der Waals surface area contributed by atoms with Gasteiger partial charge < -0.3 is 10.4 Å². The van der Waals surface area contributed by atoms with Crippen molar-refractivity contribution in [2.45, 2.75) is 18.0 Å². The molecule has 2 N–H and O–H groups in total. The molecular formula is C16H14F2N6O3S. The highest BCUT2D eigenvalue weighted by atomic mass is 32.2. The molecule has 1 aromatic carbocycles. The summed E-state index contributed by atoms with van der Waals surface area (Å²) in [6, 6.07) is 3.28. The highest BCUT2D eigenvalue weighted by molar-refractivity contribution is 7.93. The summed E-state index contributed by atoms with van der Waals surface area (Å²) in [5.74, 6) is -2.01. The van der Waals surface area contributed by atoms with E-state index in [1.165, 1.54) is 10.9 Å². The van der Waals surface area contributed by atoms with Crippen LogP contribution in [0, 0.1) is 11.6 Å². The van der Waals surface area contributed by atoms with Crippen molar-refractivity contribution in [1.29, 1.82) is 0 Å². The van der Waals surface area contributed by atoms with Crippen LogP contribution in [0.25, 0.3) is 0 Å². The van der Waals surface area contributed by atoms with Gasteiger partial charge in [0.2, 0.25) is 5.95 Å². The number of rotatable bonds is 5. The molecule has 28 heavy (non-hydrogen) atoms. The second-order valence-corrected chi connectivity index (χ2v) is 7.80. The summed E-state index contributed by atoms with van der Waals surface area (Å²) in [7, 11) is -4.07. The summed E-state index contributed by atoms with van der Waals surface area (Å²) in [5.41, 5.74) is 0.693. The quantitative estimate of drug-likeness (QED) is 0.656. The molecule has 4 rings (SSSR count). The van der Waals surface area contributed by atoms with Gasteiger partial charge in [-0.25, -0.2) is 26.5 Å². The fourth-order valence-electron chi connectivity index (χ4n) is 2.85. The van der Waals surface area contributed by atoms with Crippen LogP contribution in [0.1, 0.15) is 5.56 Å². The SMILES string of the molecule is O=S1(=O)c2ccc(F)cc2CN1c1nc(Nc2cnn(CCO)c2)ncc1F. The van der Waals surface area contributed by atoms with Gasteiger partial charge in [0.1, 0.15) is 5.82 Å². The second kappa shape index (κ2) is 6.80. The van der Waals surface area contributed by atoms with Crippen molar-refractivity contribution >= 4 is 27.5 Å². The van der Waals surface area contributed by atoms with Crippen molar-refractivity contribution in [2.24, 2.45) is 0 Å². The van der Waals surface area contributed by atoms with Crippen LogP contribution >= 0.6 is 0 Å². The molecule has 2 aromatic heterocycles. The van der Waals surface area contributed by atoms with Gasteiger partial charge in [-0.1, -0.05) is 0 Å². The lowest BCUT2D eigenvalue weighted by molar-refractivity contribution is 0.269. The van der Waals surface area contributed by atoms with Crippen LogP contribution in [-0.4, -0.2) is 39.9 Å². The highest BCUT2D eigenvalue weighted by Gasteiger charge is 2.37. The largest absolute Gasteiger partial charge is 0.394 e. The molecule has 0 spiro atoms. The fourth-order valence-corrected chi connectivity index (χ4v) is 4.44. The van der Waals surface area contributed by atoms with E-state index >= 15 is 0 Å². The minimum atomic E-state index is -4.07. The Morgan fingerprint density at radius 1 is 1.25 bits per heavy atom. The Bertz CT molecular complexity index is 1150. The number of fused-ring (bicyclic) bond motifs is 1. The molecule has 0 saturated carbocycles. The number of benzene rings is 1. The second-order valence-electron chi connectivity index (χ2n) is 5.97. The van der Waals surface area contributed by atoms with Gasteiger partial charge in [-0.05, 0) is 23.8 Å². The number of halogens is 2. The van der Waals surface area contributed by atoms with Crippen LogP contribution in [0.3, 0.4) is 0 Å². The maximum atomic E-state index is 14.3. The molecule has 0 fully saturated rings. The number of hydrogen-bond donors (Lipinski definition) is 2. The third-order valence-corrected chi connectivity index (χ3v) is 5.92. The van der Waals surface area contributed by atoms with Gasteiger partial charge in [0.15, 0.2) is 11.6 Å². The minimum Gasteiger partial charge on any atom is -0.394 e. The zero-order valence-corrected chi connectivity index (χ0v) is 15.1. The lowest BCUT2D eigenvalue weighted by Gasteiger charge is -2.17. The molecule has 0 saturated heterocycles. The van der Waals surface area contributed by atoms with Gasteiger partial charge in [-0.15, -0.1) is 0 Å². The Morgan fingerprint density at radius 2 is 2.07 bits per heavy atom. The lowest BCUT2D eigenvalue weighted by Crippen LogP contribution is -2.26. The van der Waals surface area contributed by atoms with E-state index in [2.05, 4.69) is 20.4 Å². The van der Waals surface area contributed by atoms with Gasteiger partial charge >= 0.3 is 0 Å². The van der Waals surface area contributed by atoms with E-state index in [9.17, 15) is 17.2 Å². The Labute approximate surface area is 158 Å². The molecule has 3 heterocycles. The van der Waals surface area contributed by atoms with Gasteiger partial charge in [0, 0.05) is 6.20 Å². The lowest BCUT2D eigenvalue weighted by atomic mass is 10.2. The highest BCUT2D eigenvalue weighted by Crippen LogP contribution is 2.35. The number of anilines is 3. The van der Waals surface area contributed by atoms with Crippen LogP contribution in [0.4, 0.5) is 26.2 Å². The Morgan fingerprint density at radius 3 is 2.86 bits per heavy atom. The van der Waals surface area contributed by atoms with E-state index in [-0.39, 0.29) is 36.1 Å². The van der Waals surface area contributed by atoms with Crippen molar-refractivity contribution in [3.05, 3.63) is 54.0 Å². The van der Waals surface area contributed by atoms with Crippen LogP contribution in [-0.2, 0) is 23.1 Å². The molecule has 3 aromatic rings. The van der Waals surface area contributed by atoms with Gasteiger partial charge in [-0.2, -0.15) is 10.1 Å². The average molecular weight is 408 g/mol. The molecular weight excluding hydrogens is 394 g/mol. The Balaban J connectivity index is 1.66. The van der Waals surface area contributed by atoms with E-state index in [0.717, 1.165) is 28.7 Å². The maximum Gasteiger partial charge on any atom is 0.266 e. The van der Waals surface area contributed by atoms with Gasteiger partial charge in [0.25, 0.3) is 10.0 Å². The van der Waals surface area contributed by atoms with Crippen molar-refractivity contribution in [2.75, 3.05) is 16.2 Å². The zero-order valence-electron chi connectivity index (χ0n) is 14.2. The molecule has 0 unspecified atom stereocenters. The predicted molar refractivity (Wildman–Crippen MR) is 94.4 cm³/mol. The first-order valence-corrected chi connectivity index (χ1v) is 9.56. The zero-order chi connectivity index (χ0) is 19.9. The van der Waals surface area contributed by atoms with Crippen LogP contribution in [0.2, 0.25) is 0 Å². The maximum absolute atomic E-state index is 14.3. The van der Waals surface area contributed by atoms with Crippen molar-refractivity contribution in [3.8, 4) is 0 Å². The first-order valence-electron chi connectivity index (χ1n) is 8.12. The monoisotopic (exact) mass is 408 g/mol. The molecule has 0 aliphatic carbocycles. The number of aliphatic hydroxyl groups is 1. The minimum absolute atomic E-state index is 0.0442. The summed E-state index contributed by atoms with van der Waals surface area (Å²) >= 11 is 0. The summed E-state index contributed by atoms with van der Waals surface area (Å²) in [6.07, 6.45) is 3.88. The number of nitrogens with one attached hydrogen (secondary N) is 1. The molecule has 1 aliphatic rings. The van der Waals surface area contributed by atoms with Crippen LogP contribution in [0.15, 0.2) is 41.7 Å². The van der Waals surface area contributed by atoms with E-state index in [1.54, 1.807) is 6.20 Å². The van der Waals surface area contributed by atoms with Crippen LogP contribution in [0.5, 0.6) is 0 Å². The number of aliphatic hydroxyl groups excluding tert-OH is 1. The first kappa shape index (κ1) is 18.3. The third-order valence-electron chi connectivity index (χ3n) is 4.08. The molecule has 0 atom stereocenters. The molecule has 0 amide bonds. The first-order chi connectivity index (χ1) is 13.4. The van der Waals surface area contributed by atoms with E-state index in [1.807, 2.05) is 0 Å². The van der Waals surface area contributed by atoms with Gasteiger partial charge in [0.05, 0.1) is 42.7 Å². The van der Waals surface area contributed by atoms with E-state index in [4.69, 9.17) is 5.11 Å². The molecule has 1 aliphatic heterocycles. The number of nitrogens with zero attached hydrogens (tertiary/aromatic N) is 5. The summed E-state index contributed by atoms with van der Waals surface area (Å²) < 4.78 is 55.4. The normalized spacial score (nSPS) is 14.9. The summed E-state index contributed by atoms with van der Waals surface area (Å²) in [6.45, 7) is -0.0401. The average Bonchev–Trinajstić information content (AvgIpc) is 3.18. The van der Waals surface area contributed by atoms with Crippen LogP contribution < -0.4 is 9.62 Å². The van der Waals surface area contributed by atoms with E-state index in [0.29, 0.717) is 5.69 Å². The smallest absolute Gasteiger partial charge is 0.266 e. The van der Waals surface area contributed by atoms with E-state index < -0.39 is 27.5 Å². The van der Waals surface area contributed by atoms with Gasteiger partial charge in [-0.3, -0.25) is 4.68 Å². The number of sulfonamides is 1. The molecule has 9 nitrogen and oxygen atoms in total. The number of hydrogen-bond acceptors (Lipinski definition) is 7. The molecule has 12 heteroatoms. The standard InChI is InChI=1S/C16H14F2N6O3S/c17-11-1-2-14-10(5-11)8-24(28(14,26)27)15-13(18)7-19-16(22-15)21-12-6-20-23(9-12)3-4-25/h1-2,5-7,9,25H,3-4,8H2,(H,19,21,22). The van der Waals surface area contributed by atoms with Crippen molar-refractivity contribution in [3.63, 3.8) is 0 Å². The topological polar surface area (TPSA) is 113 Å². The Hall–Kier alpha value is -3.12. The fraction of sp³-hybridized carbons (Fsp3) is 0.188. The molecule has 0 radical (unpaired) electrons. The van der Waals surface area contributed by atoms with Crippen molar-refractivity contribution in [1.82, 2.24) is 19.7 Å².